The molecule has 0 aliphatic heterocycles. The van der Waals surface area contributed by atoms with E-state index in [0.717, 1.165) is 10.2 Å². The third kappa shape index (κ3) is 1.46. The van der Waals surface area contributed by atoms with Crippen LogP contribution >= 0.6 is 0 Å². The van der Waals surface area contributed by atoms with E-state index in [1.807, 2.05) is 0 Å². The van der Waals surface area contributed by atoms with Gasteiger partial charge in [0.1, 0.15) is 0 Å². The summed E-state index contributed by atoms with van der Waals surface area (Å²) in [5, 5.41) is 1.35. The SMILES string of the molecule is COC1(OC)C(C)=C(C)c2c(C)ccc([SiH3])c21. The first-order chi connectivity index (χ1) is 7.99. The molecule has 0 saturated heterocycles. The summed E-state index contributed by atoms with van der Waals surface area (Å²) in [4.78, 5) is 0. The van der Waals surface area contributed by atoms with E-state index < -0.39 is 5.79 Å². The summed E-state index contributed by atoms with van der Waals surface area (Å²) >= 11 is 0. The highest BCUT2D eigenvalue weighted by Crippen LogP contribution is 2.47. The second-order valence-electron chi connectivity index (χ2n) is 4.72. The van der Waals surface area contributed by atoms with Crippen molar-refractivity contribution in [2.75, 3.05) is 14.2 Å². The molecule has 3 heteroatoms. The maximum Gasteiger partial charge on any atom is 0.218 e. The molecule has 1 aromatic carbocycles. The van der Waals surface area contributed by atoms with Crippen molar-refractivity contribution in [3.05, 3.63) is 34.4 Å². The van der Waals surface area contributed by atoms with Gasteiger partial charge in [0.15, 0.2) is 0 Å². The fourth-order valence-electron chi connectivity index (χ4n) is 2.93. The Morgan fingerprint density at radius 1 is 1.06 bits per heavy atom. The molecule has 0 unspecified atom stereocenters. The van der Waals surface area contributed by atoms with Crippen molar-refractivity contribution >= 4 is 21.0 Å². The van der Waals surface area contributed by atoms with E-state index in [0.29, 0.717) is 0 Å². The molecule has 0 bridgehead atoms. The highest BCUT2D eigenvalue weighted by molar-refractivity contribution is 6.34. The van der Waals surface area contributed by atoms with Crippen molar-refractivity contribution in [2.45, 2.75) is 26.6 Å². The molecule has 0 saturated carbocycles. The normalized spacial score (nSPS) is 17.7. The van der Waals surface area contributed by atoms with E-state index >= 15 is 0 Å². The summed E-state index contributed by atoms with van der Waals surface area (Å²) in [5.41, 5.74) is 6.30. The molecular formula is C14H20O2Si. The fourth-order valence-corrected chi connectivity index (χ4v) is 3.68. The molecule has 0 atom stereocenters. The smallest absolute Gasteiger partial charge is 0.218 e. The van der Waals surface area contributed by atoms with Crippen LogP contribution in [0.1, 0.15) is 30.5 Å². The number of hydrogen-bond acceptors (Lipinski definition) is 2. The van der Waals surface area contributed by atoms with Crippen LogP contribution in [-0.4, -0.2) is 24.5 Å². The fraction of sp³-hybridized carbons (Fsp3) is 0.429. The van der Waals surface area contributed by atoms with Gasteiger partial charge in [0.2, 0.25) is 5.79 Å². The van der Waals surface area contributed by atoms with Crippen LogP contribution in [0.2, 0.25) is 0 Å². The van der Waals surface area contributed by atoms with Gasteiger partial charge >= 0.3 is 0 Å². The highest BCUT2D eigenvalue weighted by Gasteiger charge is 2.44. The Morgan fingerprint density at radius 3 is 2.18 bits per heavy atom. The van der Waals surface area contributed by atoms with E-state index in [4.69, 9.17) is 9.47 Å². The Kier molecular flexibility index (Phi) is 3.02. The van der Waals surface area contributed by atoms with Crippen LogP contribution in [0.4, 0.5) is 0 Å². The van der Waals surface area contributed by atoms with Crippen molar-refractivity contribution in [1.82, 2.24) is 0 Å². The standard InChI is InChI=1S/C14H20O2Si/c1-8-6-7-11(17)13-12(8)9(2)10(3)14(13,15-4)16-5/h6-7H,1-5,17H3. The Hall–Kier alpha value is -0.903. The van der Waals surface area contributed by atoms with Gasteiger partial charge < -0.3 is 9.47 Å². The van der Waals surface area contributed by atoms with E-state index in [-0.39, 0.29) is 0 Å². The zero-order chi connectivity index (χ0) is 12.8. The monoisotopic (exact) mass is 248 g/mol. The zero-order valence-electron chi connectivity index (χ0n) is 11.5. The topological polar surface area (TPSA) is 18.5 Å². The Balaban J connectivity index is 2.85. The molecule has 1 aliphatic rings. The van der Waals surface area contributed by atoms with Crippen molar-refractivity contribution < 1.29 is 9.47 Å². The number of ether oxygens (including phenoxy) is 2. The zero-order valence-corrected chi connectivity index (χ0v) is 13.5. The summed E-state index contributed by atoms with van der Waals surface area (Å²) in [6.07, 6.45) is 0. The van der Waals surface area contributed by atoms with Gasteiger partial charge in [-0.3, -0.25) is 0 Å². The summed E-state index contributed by atoms with van der Waals surface area (Å²) in [6, 6.07) is 4.39. The van der Waals surface area contributed by atoms with Crippen LogP contribution in [0.15, 0.2) is 17.7 Å². The number of aryl methyl sites for hydroxylation is 1. The predicted molar refractivity (Wildman–Crippen MR) is 74.7 cm³/mol. The quantitative estimate of drug-likeness (QED) is 0.579. The summed E-state index contributed by atoms with van der Waals surface area (Å²) in [6.45, 7) is 6.41. The number of allylic oxidation sites excluding steroid dienone is 1. The van der Waals surface area contributed by atoms with Gasteiger partial charge in [0.25, 0.3) is 0 Å². The van der Waals surface area contributed by atoms with Gasteiger partial charge in [-0.25, -0.2) is 0 Å². The van der Waals surface area contributed by atoms with Gasteiger partial charge in [-0.05, 0) is 43.0 Å². The first-order valence-corrected chi connectivity index (χ1v) is 6.89. The molecule has 0 aromatic heterocycles. The third-order valence-corrected chi connectivity index (χ3v) is 4.79. The van der Waals surface area contributed by atoms with Crippen LogP contribution in [0, 0.1) is 6.92 Å². The molecule has 0 spiro atoms. The van der Waals surface area contributed by atoms with Gasteiger partial charge in [0.05, 0.1) is 0 Å². The van der Waals surface area contributed by atoms with Gasteiger partial charge in [0, 0.05) is 30.0 Å². The van der Waals surface area contributed by atoms with Crippen molar-refractivity contribution in [3.63, 3.8) is 0 Å². The number of hydrogen-bond donors (Lipinski definition) is 0. The molecule has 2 rings (SSSR count). The van der Waals surface area contributed by atoms with Gasteiger partial charge in [-0.2, -0.15) is 0 Å². The number of rotatable bonds is 2. The van der Waals surface area contributed by atoms with E-state index in [9.17, 15) is 0 Å². The molecule has 1 aliphatic carbocycles. The Labute approximate surface area is 106 Å². The molecule has 0 radical (unpaired) electrons. The first-order valence-electron chi connectivity index (χ1n) is 5.89. The average molecular weight is 248 g/mol. The molecule has 92 valence electrons. The molecular weight excluding hydrogens is 228 g/mol. The number of benzene rings is 1. The summed E-state index contributed by atoms with van der Waals surface area (Å²) in [7, 11) is 4.44. The number of methoxy groups -OCH3 is 2. The van der Waals surface area contributed by atoms with Crippen LogP contribution in [0.5, 0.6) is 0 Å². The lowest BCUT2D eigenvalue weighted by Crippen LogP contribution is -2.35. The molecule has 2 nitrogen and oxygen atoms in total. The lowest BCUT2D eigenvalue weighted by atomic mass is 9.98. The minimum atomic E-state index is -0.664. The molecule has 0 fully saturated rings. The van der Waals surface area contributed by atoms with Crippen molar-refractivity contribution in [2.24, 2.45) is 0 Å². The summed E-state index contributed by atoms with van der Waals surface area (Å²) < 4.78 is 11.5. The summed E-state index contributed by atoms with van der Waals surface area (Å²) in [5.74, 6) is -0.664. The van der Waals surface area contributed by atoms with Gasteiger partial charge in [-0.1, -0.05) is 17.3 Å². The van der Waals surface area contributed by atoms with Crippen LogP contribution in [-0.2, 0) is 15.3 Å². The Morgan fingerprint density at radius 2 is 1.65 bits per heavy atom. The van der Waals surface area contributed by atoms with Gasteiger partial charge in [-0.15, -0.1) is 0 Å². The number of fused-ring (bicyclic) bond motifs is 1. The lowest BCUT2D eigenvalue weighted by molar-refractivity contribution is -0.183. The third-order valence-electron chi connectivity index (χ3n) is 3.96. The predicted octanol–water partition coefficient (Wildman–Crippen LogP) is 1.24. The van der Waals surface area contributed by atoms with E-state index in [2.05, 4.69) is 32.9 Å². The first kappa shape index (κ1) is 12.6. The lowest BCUT2D eigenvalue weighted by Gasteiger charge is -2.30. The molecule has 0 amide bonds. The molecule has 1 aromatic rings. The maximum absolute atomic E-state index is 5.74. The van der Waals surface area contributed by atoms with Crippen LogP contribution in [0.3, 0.4) is 0 Å². The van der Waals surface area contributed by atoms with Crippen molar-refractivity contribution in [1.29, 1.82) is 0 Å². The van der Waals surface area contributed by atoms with Crippen LogP contribution in [0.25, 0.3) is 5.57 Å². The minimum Gasteiger partial charge on any atom is -0.346 e. The maximum atomic E-state index is 5.74. The van der Waals surface area contributed by atoms with E-state index in [1.165, 1.54) is 33.0 Å². The highest BCUT2D eigenvalue weighted by atomic mass is 28.1. The average Bonchev–Trinajstić information content (AvgIpc) is 2.56. The molecule has 0 N–H and O–H groups in total. The van der Waals surface area contributed by atoms with Crippen molar-refractivity contribution in [3.8, 4) is 0 Å². The molecule has 17 heavy (non-hydrogen) atoms. The second kappa shape index (κ2) is 4.09. The van der Waals surface area contributed by atoms with Crippen LogP contribution < -0.4 is 5.19 Å². The van der Waals surface area contributed by atoms with E-state index in [1.54, 1.807) is 14.2 Å². The minimum absolute atomic E-state index is 0.664. The largest absolute Gasteiger partial charge is 0.346 e. The molecule has 0 heterocycles. The Bertz CT molecular complexity index is 499. The second-order valence-corrected chi connectivity index (χ2v) is 5.80.